The van der Waals surface area contributed by atoms with Gasteiger partial charge in [-0.25, -0.2) is 0 Å². The molecule has 0 heterocycles. The molecule has 1 aromatic carbocycles. The zero-order valence-corrected chi connectivity index (χ0v) is 12.2. The van der Waals surface area contributed by atoms with Crippen LogP contribution in [0.15, 0.2) is 30.3 Å². The van der Waals surface area contributed by atoms with E-state index >= 15 is 0 Å². The summed E-state index contributed by atoms with van der Waals surface area (Å²) < 4.78 is 140. The van der Waals surface area contributed by atoms with Gasteiger partial charge in [0.2, 0.25) is 0 Å². The third-order valence-corrected chi connectivity index (χ3v) is 3.12. The van der Waals surface area contributed by atoms with E-state index in [2.05, 4.69) is 0 Å². The average molecular weight is 403 g/mol. The van der Waals surface area contributed by atoms with Gasteiger partial charge in [0.25, 0.3) is 5.91 Å². The first-order valence-corrected chi connectivity index (χ1v) is 6.40. The lowest BCUT2D eigenvalue weighted by Crippen LogP contribution is -2.69. The minimum Gasteiger partial charge on any atom is -0.347 e. The molecule has 0 aliphatic carbocycles. The molecule has 0 radical (unpaired) electrons. The molecular weight excluding hydrogens is 395 g/mol. The molecule has 2 nitrogen and oxygen atoms in total. The fourth-order valence-electron chi connectivity index (χ4n) is 1.60. The zero-order valence-electron chi connectivity index (χ0n) is 12.2. The van der Waals surface area contributed by atoms with Crippen LogP contribution in [0, 0.1) is 0 Å². The molecule has 0 aromatic heterocycles. The molecule has 13 heteroatoms. The lowest BCUT2D eigenvalue weighted by Gasteiger charge is -2.36. The summed E-state index contributed by atoms with van der Waals surface area (Å²) in [6.45, 7) is -0.896. The van der Waals surface area contributed by atoms with Crippen molar-refractivity contribution in [2.75, 3.05) is 0 Å². The van der Waals surface area contributed by atoms with Gasteiger partial charge in [0.05, 0.1) is 0 Å². The van der Waals surface area contributed by atoms with Crippen molar-refractivity contribution in [1.29, 1.82) is 0 Å². The van der Waals surface area contributed by atoms with Crippen molar-refractivity contribution in [3.8, 4) is 0 Å². The summed E-state index contributed by atoms with van der Waals surface area (Å²) in [5, 5.41) is 1.08. The summed E-state index contributed by atoms with van der Waals surface area (Å²) in [4.78, 5) is 11.1. The smallest absolute Gasteiger partial charge is 0.347 e. The Bertz CT molecular complexity index is 639. The van der Waals surface area contributed by atoms with Crippen molar-refractivity contribution in [1.82, 2.24) is 5.32 Å². The van der Waals surface area contributed by atoms with Gasteiger partial charge in [0.1, 0.15) is 0 Å². The largest absolute Gasteiger partial charge is 0.460 e. The molecule has 0 atom stereocenters. The van der Waals surface area contributed by atoms with Gasteiger partial charge in [0.15, 0.2) is 0 Å². The van der Waals surface area contributed by atoms with Crippen molar-refractivity contribution < 1.29 is 53.1 Å². The first kappa shape index (κ1) is 22.0. The topological polar surface area (TPSA) is 29.1 Å². The quantitative estimate of drug-likeness (QED) is 0.701. The van der Waals surface area contributed by atoms with Gasteiger partial charge in [0, 0.05) is 6.54 Å². The Labute approximate surface area is 138 Å². The predicted octanol–water partition coefficient (Wildman–Crippen LogP) is 4.41. The number of carbonyl (C=O) groups excluding carboxylic acids is 1. The summed E-state index contributed by atoms with van der Waals surface area (Å²) in [5.41, 5.74) is 0.0346. The zero-order chi connectivity index (χ0) is 20.6. The maximum atomic E-state index is 13.4. The van der Waals surface area contributed by atoms with Crippen LogP contribution in [0.1, 0.15) is 5.56 Å². The van der Waals surface area contributed by atoms with Crippen LogP contribution >= 0.6 is 0 Å². The Hall–Kier alpha value is -2.08. The Morgan fingerprint density at radius 1 is 0.731 bits per heavy atom. The molecule has 1 amide bonds. The number of halogens is 11. The van der Waals surface area contributed by atoms with E-state index in [0.717, 1.165) is 5.32 Å². The highest BCUT2D eigenvalue weighted by molar-refractivity contribution is 5.84. The molecular formula is C13H8F11NO. The number of amides is 1. The first-order valence-electron chi connectivity index (χ1n) is 6.40. The minimum atomic E-state index is -7.61. The number of nitrogens with one attached hydrogen (secondary N) is 1. The molecule has 0 aliphatic heterocycles. The van der Waals surface area contributed by atoms with Gasteiger partial charge >= 0.3 is 29.9 Å². The van der Waals surface area contributed by atoms with Gasteiger partial charge < -0.3 is 5.32 Å². The molecule has 0 unspecified atom stereocenters. The van der Waals surface area contributed by atoms with Crippen LogP contribution in [-0.2, 0) is 11.3 Å². The van der Waals surface area contributed by atoms with Crippen LogP contribution in [0.4, 0.5) is 48.3 Å². The maximum Gasteiger partial charge on any atom is 0.460 e. The highest BCUT2D eigenvalue weighted by Gasteiger charge is 2.88. The van der Waals surface area contributed by atoms with Crippen LogP contribution in [-0.4, -0.2) is 35.8 Å². The fourth-order valence-corrected chi connectivity index (χ4v) is 1.60. The van der Waals surface area contributed by atoms with Crippen LogP contribution < -0.4 is 5.32 Å². The van der Waals surface area contributed by atoms with E-state index in [0.29, 0.717) is 0 Å². The van der Waals surface area contributed by atoms with Crippen LogP contribution in [0.25, 0.3) is 0 Å². The molecule has 0 fully saturated rings. The third kappa shape index (κ3) is 3.43. The Balaban J connectivity index is 3.12. The van der Waals surface area contributed by atoms with Crippen molar-refractivity contribution >= 4 is 5.91 Å². The molecule has 148 valence electrons. The second-order valence-electron chi connectivity index (χ2n) is 4.96. The van der Waals surface area contributed by atoms with Crippen LogP contribution in [0.5, 0.6) is 0 Å². The summed E-state index contributed by atoms with van der Waals surface area (Å²) in [5.74, 6) is -32.2. The Morgan fingerprint density at radius 2 is 1.19 bits per heavy atom. The average Bonchev–Trinajstić information content (AvgIpc) is 2.51. The fraction of sp³-hybridized carbons (Fsp3) is 0.462. The number of hydrogen-bond acceptors (Lipinski definition) is 1. The lowest BCUT2D eigenvalue weighted by molar-refractivity contribution is -0.417. The number of alkyl halides is 11. The van der Waals surface area contributed by atoms with Crippen molar-refractivity contribution in [2.24, 2.45) is 0 Å². The van der Waals surface area contributed by atoms with E-state index < -0.39 is 42.3 Å². The third-order valence-electron chi connectivity index (χ3n) is 3.12. The normalized spacial score (nSPS) is 14.3. The summed E-state index contributed by atoms with van der Waals surface area (Å²) >= 11 is 0. The van der Waals surface area contributed by atoms with Crippen molar-refractivity contribution in [2.45, 2.75) is 36.4 Å². The van der Waals surface area contributed by atoms with E-state index in [1.54, 1.807) is 0 Å². The van der Waals surface area contributed by atoms with E-state index in [1.807, 2.05) is 0 Å². The molecule has 0 saturated heterocycles. The number of benzene rings is 1. The summed E-state index contributed by atoms with van der Waals surface area (Å²) in [7, 11) is 0. The van der Waals surface area contributed by atoms with Gasteiger partial charge in [-0.2, -0.15) is 48.3 Å². The van der Waals surface area contributed by atoms with E-state index in [4.69, 9.17) is 0 Å². The number of rotatable bonds is 6. The van der Waals surface area contributed by atoms with Gasteiger partial charge in [-0.05, 0) is 5.56 Å². The molecule has 1 rings (SSSR count). The van der Waals surface area contributed by atoms with Crippen LogP contribution in [0.2, 0.25) is 0 Å². The number of hydrogen-bond donors (Lipinski definition) is 1. The first-order chi connectivity index (χ1) is 11.5. The molecule has 26 heavy (non-hydrogen) atoms. The Kier molecular flexibility index (Phi) is 5.56. The van der Waals surface area contributed by atoms with E-state index in [9.17, 15) is 53.1 Å². The monoisotopic (exact) mass is 403 g/mol. The highest BCUT2D eigenvalue weighted by atomic mass is 19.4. The standard InChI is InChI=1S/C13H8F11NO/c14-9(15,8(26)25-6-7-4-2-1-3-5-7)10(16,17)11(18,19)12(20,21)13(22,23)24/h1-5H,6H2,(H,25,26). The van der Waals surface area contributed by atoms with Gasteiger partial charge in [-0.1, -0.05) is 30.3 Å². The minimum absolute atomic E-state index is 0.0346. The van der Waals surface area contributed by atoms with Crippen molar-refractivity contribution in [3.05, 3.63) is 35.9 Å². The maximum absolute atomic E-state index is 13.4. The highest BCUT2D eigenvalue weighted by Crippen LogP contribution is 2.57. The number of carbonyl (C=O) groups is 1. The molecule has 1 aromatic rings. The van der Waals surface area contributed by atoms with Crippen molar-refractivity contribution in [3.63, 3.8) is 0 Å². The summed E-state index contributed by atoms with van der Waals surface area (Å²) in [6.07, 6.45) is -7.27. The van der Waals surface area contributed by atoms with Crippen LogP contribution in [0.3, 0.4) is 0 Å². The molecule has 0 saturated carbocycles. The second kappa shape index (κ2) is 6.58. The molecule has 0 bridgehead atoms. The van der Waals surface area contributed by atoms with Gasteiger partial charge in [-0.15, -0.1) is 0 Å². The predicted molar refractivity (Wildman–Crippen MR) is 64.1 cm³/mol. The summed E-state index contributed by atoms with van der Waals surface area (Å²) in [6, 6.07) is 6.48. The molecule has 0 spiro atoms. The second-order valence-corrected chi connectivity index (χ2v) is 4.96. The SMILES string of the molecule is O=C(NCc1ccccc1)C(F)(F)C(F)(F)C(F)(F)C(F)(F)C(F)(F)F. The molecule has 0 aliphatic rings. The molecule has 1 N–H and O–H groups in total. The van der Waals surface area contributed by atoms with Gasteiger partial charge in [-0.3, -0.25) is 4.79 Å². The van der Waals surface area contributed by atoms with E-state index in [1.165, 1.54) is 30.3 Å². The van der Waals surface area contributed by atoms with E-state index in [-0.39, 0.29) is 5.56 Å². The Morgan fingerprint density at radius 3 is 1.62 bits per heavy atom. The lowest BCUT2D eigenvalue weighted by atomic mass is 9.97.